The molecule has 1 N–H and O–H groups in total. The molecule has 2 aromatic heterocycles. The van der Waals surface area contributed by atoms with Crippen LogP contribution in [0.2, 0.25) is 0 Å². The van der Waals surface area contributed by atoms with Crippen LogP contribution in [0.3, 0.4) is 0 Å². The minimum Gasteiger partial charge on any atom is -0.326 e. The molecular weight excluding hydrogens is 446 g/mol. The number of hydrogen-bond acceptors (Lipinski definition) is 5. The van der Waals surface area contributed by atoms with Crippen molar-refractivity contribution in [2.24, 2.45) is 0 Å². The fraction of sp³-hybridized carbons (Fsp3) is 0.269. The van der Waals surface area contributed by atoms with E-state index in [0.29, 0.717) is 29.9 Å². The molecule has 0 aliphatic heterocycles. The topological polar surface area (TPSA) is 108 Å². The third-order valence-electron chi connectivity index (χ3n) is 5.78. The van der Waals surface area contributed by atoms with Crippen LogP contribution in [0.25, 0.3) is 11.2 Å². The van der Waals surface area contributed by atoms with Crippen molar-refractivity contribution in [3.8, 4) is 0 Å². The number of carbonyl (C=O) groups is 2. The Morgan fingerprint density at radius 3 is 2.31 bits per heavy atom. The number of fused-ring (bicyclic) bond motifs is 1. The molecule has 1 amide bonds. The van der Waals surface area contributed by atoms with Crippen molar-refractivity contribution in [2.45, 2.75) is 46.3 Å². The fourth-order valence-corrected chi connectivity index (χ4v) is 3.95. The van der Waals surface area contributed by atoms with E-state index in [1.807, 2.05) is 44.2 Å². The third kappa shape index (κ3) is 4.98. The zero-order valence-electron chi connectivity index (χ0n) is 19.7. The summed E-state index contributed by atoms with van der Waals surface area (Å²) in [6.45, 7) is 4.11. The Balaban J connectivity index is 1.69. The maximum atomic E-state index is 13.4. The van der Waals surface area contributed by atoms with Crippen LogP contribution in [0.1, 0.15) is 42.6 Å². The highest BCUT2D eigenvalue weighted by atomic mass is 16.2. The summed E-state index contributed by atoms with van der Waals surface area (Å²) in [5.41, 5.74) is 1.22. The Morgan fingerprint density at radius 1 is 0.943 bits per heavy atom. The molecule has 180 valence electrons. The van der Waals surface area contributed by atoms with Gasteiger partial charge in [-0.05, 0) is 43.2 Å². The fourth-order valence-electron chi connectivity index (χ4n) is 3.95. The Morgan fingerprint density at radius 2 is 1.66 bits per heavy atom. The maximum absolute atomic E-state index is 13.4. The van der Waals surface area contributed by atoms with Gasteiger partial charge in [-0.15, -0.1) is 0 Å². The average molecular weight is 474 g/mol. The Kier molecular flexibility index (Phi) is 7.05. The molecule has 0 spiro atoms. The van der Waals surface area contributed by atoms with Crippen LogP contribution in [0.5, 0.6) is 0 Å². The molecule has 0 saturated carbocycles. The summed E-state index contributed by atoms with van der Waals surface area (Å²) in [6.07, 6.45) is 2.68. The maximum Gasteiger partial charge on any atom is 0.333 e. The number of rotatable bonds is 9. The first-order valence-electron chi connectivity index (χ1n) is 11.6. The lowest BCUT2D eigenvalue weighted by atomic mass is 10.1. The van der Waals surface area contributed by atoms with Gasteiger partial charge in [0, 0.05) is 24.2 Å². The van der Waals surface area contributed by atoms with E-state index in [9.17, 15) is 19.2 Å². The van der Waals surface area contributed by atoms with E-state index in [1.165, 1.54) is 10.9 Å². The van der Waals surface area contributed by atoms with E-state index in [-0.39, 0.29) is 23.8 Å². The minimum absolute atomic E-state index is 0.0991. The lowest BCUT2D eigenvalue weighted by Gasteiger charge is -2.12. The van der Waals surface area contributed by atoms with Gasteiger partial charge in [0.2, 0.25) is 5.91 Å². The highest BCUT2D eigenvalue weighted by Crippen LogP contribution is 2.13. The molecule has 35 heavy (non-hydrogen) atoms. The number of hydrogen-bond donors (Lipinski definition) is 1. The summed E-state index contributed by atoms with van der Waals surface area (Å²) >= 11 is 0. The molecular formula is C26H27N5O4. The highest BCUT2D eigenvalue weighted by molar-refractivity contribution is 5.97. The van der Waals surface area contributed by atoms with Crippen LogP contribution >= 0.6 is 0 Å². The van der Waals surface area contributed by atoms with Gasteiger partial charge in [0.25, 0.3) is 5.56 Å². The van der Waals surface area contributed by atoms with Crippen LogP contribution in [0, 0.1) is 0 Å². The van der Waals surface area contributed by atoms with Gasteiger partial charge in [-0.25, -0.2) is 9.78 Å². The monoisotopic (exact) mass is 473 g/mol. The second-order valence-corrected chi connectivity index (χ2v) is 8.25. The van der Waals surface area contributed by atoms with Gasteiger partial charge in [-0.2, -0.15) is 0 Å². The van der Waals surface area contributed by atoms with Crippen molar-refractivity contribution in [3.63, 3.8) is 0 Å². The molecule has 9 nitrogen and oxygen atoms in total. The van der Waals surface area contributed by atoms with Gasteiger partial charge >= 0.3 is 5.69 Å². The average Bonchev–Trinajstić information content (AvgIpc) is 3.30. The number of carbonyl (C=O) groups excluding carboxylic acids is 2. The number of anilines is 1. The molecule has 4 aromatic rings. The number of imidazole rings is 1. The van der Waals surface area contributed by atoms with Gasteiger partial charge in [0.1, 0.15) is 0 Å². The smallest absolute Gasteiger partial charge is 0.326 e. The predicted octanol–water partition coefficient (Wildman–Crippen LogP) is 3.05. The van der Waals surface area contributed by atoms with E-state index in [4.69, 9.17) is 0 Å². The van der Waals surface area contributed by atoms with Crippen LogP contribution < -0.4 is 16.6 Å². The van der Waals surface area contributed by atoms with Gasteiger partial charge < -0.3 is 9.88 Å². The van der Waals surface area contributed by atoms with Gasteiger partial charge in [0.15, 0.2) is 16.9 Å². The molecule has 2 heterocycles. The van der Waals surface area contributed by atoms with Crippen molar-refractivity contribution in [2.75, 3.05) is 5.32 Å². The summed E-state index contributed by atoms with van der Waals surface area (Å²) in [5, 5.41) is 2.77. The number of benzene rings is 2. The number of nitrogens with one attached hydrogen (secondary N) is 1. The van der Waals surface area contributed by atoms with E-state index in [0.717, 1.165) is 16.6 Å². The largest absolute Gasteiger partial charge is 0.333 e. The van der Waals surface area contributed by atoms with E-state index < -0.39 is 17.8 Å². The van der Waals surface area contributed by atoms with Crippen LogP contribution in [0.4, 0.5) is 5.69 Å². The molecule has 0 atom stereocenters. The number of aromatic nitrogens is 4. The quantitative estimate of drug-likeness (QED) is 0.376. The first-order chi connectivity index (χ1) is 16.9. The third-order valence-corrected chi connectivity index (χ3v) is 5.78. The van der Waals surface area contributed by atoms with Crippen LogP contribution in [0.15, 0.2) is 70.5 Å². The molecule has 4 rings (SSSR count). The van der Waals surface area contributed by atoms with Crippen molar-refractivity contribution in [1.29, 1.82) is 0 Å². The summed E-state index contributed by atoms with van der Waals surface area (Å²) < 4.78 is 4.07. The second kappa shape index (κ2) is 10.3. The number of Topliss-reactive ketones (excluding diaryl/α,β-unsaturated/α-hetero) is 1. The highest BCUT2D eigenvalue weighted by Gasteiger charge is 2.20. The first kappa shape index (κ1) is 23.9. The van der Waals surface area contributed by atoms with E-state index >= 15 is 0 Å². The van der Waals surface area contributed by atoms with E-state index in [1.54, 1.807) is 28.8 Å². The molecule has 0 saturated heterocycles. The van der Waals surface area contributed by atoms with Crippen molar-refractivity contribution in [3.05, 3.63) is 92.9 Å². The molecule has 0 aliphatic rings. The van der Waals surface area contributed by atoms with Crippen molar-refractivity contribution in [1.82, 2.24) is 18.7 Å². The number of amides is 1. The molecule has 0 radical (unpaired) electrons. The number of aryl methyl sites for hydroxylation is 1. The molecule has 2 aromatic carbocycles. The Labute approximate surface area is 201 Å². The zero-order chi connectivity index (χ0) is 24.9. The van der Waals surface area contributed by atoms with E-state index in [2.05, 4.69) is 10.3 Å². The molecule has 0 aliphatic carbocycles. The Bertz CT molecular complexity index is 1480. The molecule has 0 unspecified atom stereocenters. The molecule has 0 fully saturated rings. The zero-order valence-corrected chi connectivity index (χ0v) is 19.7. The first-order valence-corrected chi connectivity index (χ1v) is 11.6. The lowest BCUT2D eigenvalue weighted by molar-refractivity contribution is -0.116. The molecule has 0 bridgehead atoms. The van der Waals surface area contributed by atoms with Crippen LogP contribution in [-0.2, 0) is 24.4 Å². The van der Waals surface area contributed by atoms with Crippen molar-refractivity contribution >= 4 is 28.5 Å². The lowest BCUT2D eigenvalue weighted by Crippen LogP contribution is -2.42. The van der Waals surface area contributed by atoms with Gasteiger partial charge in [0.05, 0.1) is 19.4 Å². The van der Waals surface area contributed by atoms with Crippen molar-refractivity contribution < 1.29 is 9.59 Å². The Hall–Kier alpha value is -4.27. The summed E-state index contributed by atoms with van der Waals surface area (Å²) in [4.78, 5) is 55.8. The number of ketones is 1. The summed E-state index contributed by atoms with van der Waals surface area (Å²) in [7, 11) is 0. The van der Waals surface area contributed by atoms with Gasteiger partial charge in [-0.1, -0.05) is 37.3 Å². The summed E-state index contributed by atoms with van der Waals surface area (Å²) in [5.74, 6) is -0.484. The standard InChI is InChI=1S/C26H27N5O4/c1-3-8-22(33)28-20-13-11-19(12-14-20)21(32)16-31-25(34)23-24(27-17-29(23)4-2)30(26(31)35)15-18-9-6-5-7-10-18/h5-7,9-14,17H,3-4,8,15-16H2,1-2H3,(H,28,33). The summed E-state index contributed by atoms with van der Waals surface area (Å²) in [6, 6.07) is 15.8. The molecule has 9 heteroatoms. The predicted molar refractivity (Wildman–Crippen MR) is 134 cm³/mol. The second-order valence-electron chi connectivity index (χ2n) is 8.25. The normalized spacial score (nSPS) is 11.0. The number of nitrogens with zero attached hydrogens (tertiary/aromatic N) is 4. The minimum atomic E-state index is -0.593. The van der Waals surface area contributed by atoms with Gasteiger partial charge in [-0.3, -0.25) is 23.5 Å². The SMILES string of the molecule is CCCC(=O)Nc1ccc(C(=O)Cn2c(=O)c3c(ncn3CC)n(Cc3ccccc3)c2=O)cc1. The van der Waals surface area contributed by atoms with Crippen LogP contribution in [-0.4, -0.2) is 30.4 Å².